The molecule has 3 aromatic rings. The van der Waals surface area contributed by atoms with Gasteiger partial charge in [-0.25, -0.2) is 13.4 Å². The second-order valence-electron chi connectivity index (χ2n) is 4.65. The number of benzene rings is 2. The summed E-state index contributed by atoms with van der Waals surface area (Å²) < 4.78 is 34.8. The summed E-state index contributed by atoms with van der Waals surface area (Å²) in [5, 5.41) is 0.653. The molecule has 0 unspecified atom stereocenters. The number of aromatic nitrogens is 1. The molecule has 22 heavy (non-hydrogen) atoms. The first-order valence-corrected chi connectivity index (χ1v) is 8.31. The Bertz CT molecular complexity index is 935. The minimum Gasteiger partial charge on any atom is -0.744 e. The minimum absolute atomic E-state index is 0. The number of hydrogen-bond donors (Lipinski definition) is 1. The summed E-state index contributed by atoms with van der Waals surface area (Å²) in [6.45, 7) is 1.60. The predicted molar refractivity (Wildman–Crippen MR) is 82.2 cm³/mol. The SMILES string of the molecule is Cc1ccc2nc(-c3ccc(N)cc3)sc2c1S(=O)(=O)[O-].[K+]. The van der Waals surface area contributed by atoms with E-state index in [-0.39, 0.29) is 56.3 Å². The van der Waals surface area contributed by atoms with Crippen LogP contribution in [0.4, 0.5) is 5.69 Å². The maximum atomic E-state index is 11.5. The van der Waals surface area contributed by atoms with Gasteiger partial charge < -0.3 is 10.3 Å². The van der Waals surface area contributed by atoms with Crippen LogP contribution < -0.4 is 57.1 Å². The molecule has 0 aliphatic rings. The van der Waals surface area contributed by atoms with E-state index in [1.165, 1.54) is 11.3 Å². The number of nitrogens with zero attached hydrogens (tertiary/aromatic N) is 1. The van der Waals surface area contributed by atoms with E-state index in [1.54, 1.807) is 31.2 Å². The molecule has 0 bridgehead atoms. The fraction of sp³-hybridized carbons (Fsp3) is 0.0714. The van der Waals surface area contributed by atoms with Crippen molar-refractivity contribution >= 4 is 37.4 Å². The molecule has 3 rings (SSSR count). The first-order chi connectivity index (χ1) is 9.86. The Morgan fingerprint density at radius 3 is 2.36 bits per heavy atom. The van der Waals surface area contributed by atoms with Crippen LogP contribution in [0.15, 0.2) is 41.3 Å². The summed E-state index contributed by atoms with van der Waals surface area (Å²) in [6.07, 6.45) is 0. The molecule has 0 fully saturated rings. The second kappa shape index (κ2) is 6.66. The van der Waals surface area contributed by atoms with Crippen LogP contribution in [0, 0.1) is 6.92 Å². The summed E-state index contributed by atoms with van der Waals surface area (Å²) in [4.78, 5) is 4.22. The minimum atomic E-state index is -4.54. The van der Waals surface area contributed by atoms with Crippen LogP contribution in [0.3, 0.4) is 0 Å². The molecule has 108 valence electrons. The zero-order valence-electron chi connectivity index (χ0n) is 12.0. The maximum absolute atomic E-state index is 11.5. The van der Waals surface area contributed by atoms with E-state index >= 15 is 0 Å². The van der Waals surface area contributed by atoms with Crippen LogP contribution in [0.1, 0.15) is 5.56 Å². The van der Waals surface area contributed by atoms with Gasteiger partial charge in [0.25, 0.3) is 0 Å². The van der Waals surface area contributed by atoms with Gasteiger partial charge >= 0.3 is 51.4 Å². The molecule has 0 radical (unpaired) electrons. The Labute approximate surface area is 174 Å². The molecule has 0 atom stereocenters. The van der Waals surface area contributed by atoms with Crippen molar-refractivity contribution < 1.29 is 64.4 Å². The topological polar surface area (TPSA) is 96.1 Å². The van der Waals surface area contributed by atoms with Crippen LogP contribution >= 0.6 is 11.3 Å². The zero-order chi connectivity index (χ0) is 15.2. The molecule has 0 aliphatic carbocycles. The Morgan fingerprint density at radius 1 is 1.14 bits per heavy atom. The quantitative estimate of drug-likeness (QED) is 0.388. The maximum Gasteiger partial charge on any atom is 1.00 e. The Balaban J connectivity index is 0.00000176. The first-order valence-electron chi connectivity index (χ1n) is 6.08. The molecule has 0 aliphatic heterocycles. The first kappa shape index (κ1) is 18.0. The fourth-order valence-electron chi connectivity index (χ4n) is 2.13. The number of hydrogen-bond acceptors (Lipinski definition) is 6. The molecule has 0 amide bonds. The number of fused-ring (bicyclic) bond motifs is 1. The third-order valence-electron chi connectivity index (χ3n) is 3.12. The van der Waals surface area contributed by atoms with Gasteiger partial charge in [-0.15, -0.1) is 11.3 Å². The van der Waals surface area contributed by atoms with Crippen LogP contribution in [0.25, 0.3) is 20.8 Å². The molecule has 8 heteroatoms. The number of thiazole rings is 1. The fourth-order valence-corrected chi connectivity index (χ4v) is 4.41. The number of anilines is 1. The average molecular weight is 358 g/mol. The van der Waals surface area contributed by atoms with E-state index in [4.69, 9.17) is 5.73 Å². The van der Waals surface area contributed by atoms with Crippen molar-refractivity contribution in [1.82, 2.24) is 4.98 Å². The van der Waals surface area contributed by atoms with Crippen LogP contribution in [-0.2, 0) is 10.1 Å². The van der Waals surface area contributed by atoms with Crippen LogP contribution in [0.2, 0.25) is 0 Å². The normalized spacial score (nSPS) is 11.4. The van der Waals surface area contributed by atoms with E-state index < -0.39 is 10.1 Å². The number of aryl methyl sites for hydroxylation is 1. The van der Waals surface area contributed by atoms with Crippen molar-refractivity contribution in [3.8, 4) is 10.6 Å². The van der Waals surface area contributed by atoms with Gasteiger partial charge in [-0.1, -0.05) is 6.07 Å². The van der Waals surface area contributed by atoms with Gasteiger partial charge in [0.1, 0.15) is 15.1 Å². The molecule has 1 heterocycles. The van der Waals surface area contributed by atoms with Crippen molar-refractivity contribution in [2.75, 3.05) is 5.73 Å². The Kier molecular flexibility index (Phi) is 5.45. The van der Waals surface area contributed by atoms with E-state index in [1.807, 2.05) is 12.1 Å². The molecule has 2 aromatic carbocycles. The number of rotatable bonds is 2. The summed E-state index contributed by atoms with van der Waals surface area (Å²) in [6, 6.07) is 10.4. The van der Waals surface area contributed by atoms with E-state index in [0.29, 0.717) is 26.5 Å². The van der Waals surface area contributed by atoms with Crippen molar-refractivity contribution in [3.05, 3.63) is 42.0 Å². The van der Waals surface area contributed by atoms with Gasteiger partial charge in [-0.2, -0.15) is 0 Å². The smallest absolute Gasteiger partial charge is 0.744 e. The van der Waals surface area contributed by atoms with Gasteiger partial charge in [-0.3, -0.25) is 0 Å². The molecular formula is C14H11KN2O3S2. The van der Waals surface area contributed by atoms with Gasteiger partial charge in [0.2, 0.25) is 0 Å². The van der Waals surface area contributed by atoms with Gasteiger partial charge in [-0.05, 0) is 42.8 Å². The van der Waals surface area contributed by atoms with Gasteiger partial charge in [0.15, 0.2) is 0 Å². The summed E-state index contributed by atoms with van der Waals surface area (Å²) in [5.41, 5.74) is 8.05. The van der Waals surface area contributed by atoms with E-state index in [2.05, 4.69) is 4.98 Å². The van der Waals surface area contributed by atoms with Crippen molar-refractivity contribution in [2.45, 2.75) is 11.8 Å². The van der Waals surface area contributed by atoms with Gasteiger partial charge in [0.05, 0.1) is 15.1 Å². The monoisotopic (exact) mass is 358 g/mol. The summed E-state index contributed by atoms with van der Waals surface area (Å²) >= 11 is 1.19. The van der Waals surface area contributed by atoms with Crippen LogP contribution in [0.5, 0.6) is 0 Å². The molecule has 5 nitrogen and oxygen atoms in total. The molecule has 0 spiro atoms. The van der Waals surface area contributed by atoms with Gasteiger partial charge in [0, 0.05) is 11.3 Å². The molecule has 1 aromatic heterocycles. The molecule has 0 saturated carbocycles. The number of nitrogen functional groups attached to an aromatic ring is 1. The third kappa shape index (κ3) is 3.44. The Morgan fingerprint density at radius 2 is 1.77 bits per heavy atom. The van der Waals surface area contributed by atoms with E-state index in [0.717, 1.165) is 5.56 Å². The van der Waals surface area contributed by atoms with Crippen molar-refractivity contribution in [3.63, 3.8) is 0 Å². The average Bonchev–Trinajstić information content (AvgIpc) is 2.81. The van der Waals surface area contributed by atoms with E-state index in [9.17, 15) is 13.0 Å². The van der Waals surface area contributed by atoms with Crippen molar-refractivity contribution in [2.24, 2.45) is 0 Å². The standard InChI is InChI=1S/C14H12N2O3S2.K/c1-8-2-7-11-12(13(8)21(17,18)19)20-14(16-11)9-3-5-10(15)6-4-9;/h2-7H,15H2,1H3,(H,17,18,19);/q;+1/p-1. The summed E-state index contributed by atoms with van der Waals surface area (Å²) in [7, 11) is -4.54. The molecular weight excluding hydrogens is 347 g/mol. The third-order valence-corrected chi connectivity index (χ3v) is 5.41. The molecule has 0 saturated heterocycles. The largest absolute Gasteiger partial charge is 1.00 e. The Hall–Kier alpha value is -0.324. The van der Waals surface area contributed by atoms with Crippen molar-refractivity contribution in [1.29, 1.82) is 0 Å². The van der Waals surface area contributed by atoms with Crippen LogP contribution in [-0.4, -0.2) is 18.0 Å². The number of nitrogens with two attached hydrogens (primary N) is 1. The summed E-state index contributed by atoms with van der Waals surface area (Å²) in [5.74, 6) is 0. The zero-order valence-corrected chi connectivity index (χ0v) is 16.8. The second-order valence-corrected chi connectivity index (χ2v) is 6.97. The predicted octanol–water partition coefficient (Wildman–Crippen LogP) is -0.238. The molecule has 2 N–H and O–H groups in total.